The highest BCUT2D eigenvalue weighted by molar-refractivity contribution is 7.47. The third-order valence-corrected chi connectivity index (χ3v) is 10.1. The lowest BCUT2D eigenvalue weighted by molar-refractivity contribution is -0.161. The lowest BCUT2D eigenvalue weighted by Gasteiger charge is -2.20. The van der Waals surface area contributed by atoms with Crippen LogP contribution in [0.2, 0.25) is 0 Å². The molecule has 0 amide bonds. The van der Waals surface area contributed by atoms with Gasteiger partial charge in [-0.2, -0.15) is 0 Å². The molecule has 330 valence electrons. The molecule has 0 radical (unpaired) electrons. The van der Waals surface area contributed by atoms with E-state index < -0.39 is 63.8 Å². The lowest BCUT2D eigenvalue weighted by Crippen LogP contribution is -2.34. The molecule has 0 aliphatic heterocycles. The number of ether oxygens (including phenoxy) is 2. The van der Waals surface area contributed by atoms with Crippen LogP contribution in [0, 0.1) is 0 Å². The highest BCUT2D eigenvalue weighted by atomic mass is 31.2. The summed E-state index contributed by atoms with van der Waals surface area (Å²) in [4.78, 5) is 46.0. The number of hydrogen-bond donors (Lipinski definition) is 4. The molecule has 12 nitrogen and oxygen atoms in total. The van der Waals surface area contributed by atoms with Gasteiger partial charge in [0.2, 0.25) is 0 Å². The number of carbonyl (C=O) groups is 3. The predicted molar refractivity (Wildman–Crippen MR) is 228 cm³/mol. The maximum atomic E-state index is 12.6. The molecule has 0 aromatic heterocycles. The van der Waals surface area contributed by atoms with Gasteiger partial charge < -0.3 is 30.3 Å². The van der Waals surface area contributed by atoms with Crippen molar-refractivity contribution in [2.24, 2.45) is 5.73 Å². The highest BCUT2D eigenvalue weighted by Crippen LogP contribution is 2.43. The summed E-state index contributed by atoms with van der Waals surface area (Å²) in [5.74, 6) is -2.60. The van der Waals surface area contributed by atoms with Crippen LogP contribution < -0.4 is 5.73 Å². The monoisotopic (exact) mass is 828 g/mol. The minimum Gasteiger partial charge on any atom is -0.480 e. The maximum absolute atomic E-state index is 12.6. The summed E-state index contributed by atoms with van der Waals surface area (Å²) in [7, 11) is -4.76. The Morgan fingerprint density at radius 3 is 1.74 bits per heavy atom. The van der Waals surface area contributed by atoms with E-state index in [1.807, 2.05) is 12.2 Å². The number of carboxylic acids is 1. The molecule has 0 aromatic carbocycles. The quantitative estimate of drug-likeness (QED) is 0.0150. The highest BCUT2D eigenvalue weighted by Gasteiger charge is 2.28. The molecule has 0 saturated heterocycles. The van der Waals surface area contributed by atoms with E-state index in [9.17, 15) is 28.9 Å². The molecule has 4 atom stereocenters. The van der Waals surface area contributed by atoms with Gasteiger partial charge in [-0.3, -0.25) is 23.4 Å². The molecular weight excluding hydrogens is 749 g/mol. The second-order valence-corrected chi connectivity index (χ2v) is 16.1. The Morgan fingerprint density at radius 1 is 0.632 bits per heavy atom. The molecular formula is C44H78NO11P. The summed E-state index contributed by atoms with van der Waals surface area (Å²) in [6.45, 7) is 2.58. The Balaban J connectivity index is 4.55. The average molecular weight is 828 g/mol. The van der Waals surface area contributed by atoms with Gasteiger partial charge in [0, 0.05) is 12.8 Å². The molecule has 0 fully saturated rings. The van der Waals surface area contributed by atoms with E-state index in [0.29, 0.717) is 19.3 Å². The van der Waals surface area contributed by atoms with Gasteiger partial charge in [0.15, 0.2) is 6.10 Å². The van der Waals surface area contributed by atoms with Crippen LogP contribution in [0.1, 0.15) is 174 Å². The van der Waals surface area contributed by atoms with Crippen molar-refractivity contribution in [2.45, 2.75) is 193 Å². The summed E-state index contributed by atoms with van der Waals surface area (Å²) >= 11 is 0. The largest absolute Gasteiger partial charge is 0.480 e. The van der Waals surface area contributed by atoms with Crippen LogP contribution in [-0.4, -0.2) is 71.1 Å². The van der Waals surface area contributed by atoms with Gasteiger partial charge in [-0.05, 0) is 44.9 Å². The molecule has 0 aliphatic rings. The van der Waals surface area contributed by atoms with Crippen molar-refractivity contribution < 1.29 is 52.6 Å². The minimum atomic E-state index is -4.76. The van der Waals surface area contributed by atoms with Crippen molar-refractivity contribution >= 4 is 25.7 Å². The first kappa shape index (κ1) is 54.4. The first-order chi connectivity index (χ1) is 27.5. The van der Waals surface area contributed by atoms with Gasteiger partial charge in [-0.1, -0.05) is 165 Å². The Kier molecular flexibility index (Phi) is 37.1. The second-order valence-electron chi connectivity index (χ2n) is 14.7. The number of unbranched alkanes of at least 4 members (excludes halogenated alkanes) is 17. The number of carbonyl (C=O) groups excluding carboxylic acids is 2. The minimum absolute atomic E-state index is 0.00604. The fourth-order valence-corrected chi connectivity index (χ4v) is 6.48. The van der Waals surface area contributed by atoms with E-state index in [1.54, 1.807) is 12.2 Å². The fourth-order valence-electron chi connectivity index (χ4n) is 5.70. The molecule has 0 spiro atoms. The number of aliphatic hydroxyl groups is 1. The van der Waals surface area contributed by atoms with Crippen LogP contribution >= 0.6 is 7.82 Å². The molecule has 1 unspecified atom stereocenters. The van der Waals surface area contributed by atoms with E-state index in [0.717, 1.165) is 38.5 Å². The smallest absolute Gasteiger partial charge is 0.472 e. The van der Waals surface area contributed by atoms with Crippen LogP contribution in [0.15, 0.2) is 48.6 Å². The summed E-state index contributed by atoms with van der Waals surface area (Å²) in [6.07, 6.45) is 39.2. The van der Waals surface area contributed by atoms with Gasteiger partial charge in [-0.25, -0.2) is 4.57 Å². The van der Waals surface area contributed by atoms with Crippen LogP contribution in [0.25, 0.3) is 0 Å². The van der Waals surface area contributed by atoms with Gasteiger partial charge in [0.25, 0.3) is 0 Å². The topological polar surface area (TPSA) is 192 Å². The molecule has 57 heavy (non-hydrogen) atoms. The lowest BCUT2D eigenvalue weighted by atomic mass is 10.0. The molecule has 0 aliphatic carbocycles. The average Bonchev–Trinajstić information content (AvgIpc) is 3.18. The molecule has 0 bridgehead atoms. The first-order valence-corrected chi connectivity index (χ1v) is 23.3. The number of phosphoric ester groups is 1. The number of aliphatic carboxylic acids is 1. The number of hydrogen-bond acceptors (Lipinski definition) is 10. The Bertz CT molecular complexity index is 1170. The van der Waals surface area contributed by atoms with Gasteiger partial charge in [0.1, 0.15) is 12.6 Å². The zero-order chi connectivity index (χ0) is 42.2. The number of rotatable bonds is 40. The Morgan fingerprint density at radius 2 is 1.14 bits per heavy atom. The summed E-state index contributed by atoms with van der Waals surface area (Å²) in [5.41, 5.74) is 5.32. The predicted octanol–water partition coefficient (Wildman–Crippen LogP) is 10.4. The fraction of sp³-hybridized carbons (Fsp3) is 0.750. The van der Waals surface area contributed by atoms with Crippen molar-refractivity contribution in [3.05, 3.63) is 48.6 Å². The third kappa shape index (κ3) is 38.7. The van der Waals surface area contributed by atoms with Crippen molar-refractivity contribution in [3.8, 4) is 0 Å². The van der Waals surface area contributed by atoms with Gasteiger partial charge in [0.05, 0.1) is 19.3 Å². The first-order valence-electron chi connectivity index (χ1n) is 21.8. The second kappa shape index (κ2) is 38.9. The Hall–Kier alpha value is -2.60. The number of nitrogens with two attached hydrogens (primary N) is 1. The van der Waals surface area contributed by atoms with Crippen molar-refractivity contribution in [1.29, 1.82) is 0 Å². The van der Waals surface area contributed by atoms with E-state index >= 15 is 0 Å². The number of carboxylic acid groups (broad SMARTS) is 1. The summed E-state index contributed by atoms with van der Waals surface area (Å²) in [5, 5.41) is 19.1. The van der Waals surface area contributed by atoms with Crippen LogP contribution in [0.3, 0.4) is 0 Å². The van der Waals surface area contributed by atoms with Crippen LogP contribution in [0.4, 0.5) is 0 Å². The zero-order valence-corrected chi connectivity index (χ0v) is 36.2. The van der Waals surface area contributed by atoms with Crippen molar-refractivity contribution in [3.63, 3.8) is 0 Å². The van der Waals surface area contributed by atoms with E-state index in [2.05, 4.69) is 42.7 Å². The zero-order valence-electron chi connectivity index (χ0n) is 35.3. The van der Waals surface area contributed by atoms with E-state index in [4.69, 9.17) is 24.8 Å². The molecule has 0 saturated carbocycles. The van der Waals surface area contributed by atoms with Gasteiger partial charge >= 0.3 is 25.7 Å². The number of aliphatic hydroxyl groups excluding tert-OH is 1. The Labute approximate surface area is 344 Å². The molecule has 0 rings (SSSR count). The number of allylic oxidation sites excluding steroid dienone is 7. The normalized spacial score (nSPS) is 14.8. The number of phosphoric acid groups is 1. The van der Waals surface area contributed by atoms with E-state index in [1.165, 1.54) is 89.9 Å². The SMILES string of the molecule is CCCCC/C=C\C/C=C\C/C=C\C=C\[C@@H](O)CCCC(=O)OC[C@H](COP(=O)(O)OC[C@H](N)C(=O)O)OC(=O)CCCCCCCCCCCCCCCCC. The molecule has 5 N–H and O–H groups in total. The van der Waals surface area contributed by atoms with E-state index in [-0.39, 0.29) is 12.8 Å². The summed E-state index contributed by atoms with van der Waals surface area (Å²) < 4.78 is 32.5. The molecule has 0 heterocycles. The molecule has 0 aromatic rings. The van der Waals surface area contributed by atoms with Crippen LogP contribution in [-0.2, 0) is 37.5 Å². The number of esters is 2. The maximum Gasteiger partial charge on any atom is 0.472 e. The van der Waals surface area contributed by atoms with Crippen molar-refractivity contribution in [2.75, 3.05) is 19.8 Å². The van der Waals surface area contributed by atoms with Crippen LogP contribution in [0.5, 0.6) is 0 Å². The standard InChI is InChI=1S/C44H78NO11P/c1-3-5-7-9-11-13-15-17-18-20-22-24-26-28-30-34-43(48)56-40(37-54-57(51,52)55-38-41(45)44(49)50)36-53-42(47)35-31-33-39(46)32-29-27-25-23-21-19-16-14-12-10-8-6-4-2/h12,14,19,21,25,27,29,32,39-41,46H,3-11,13,15-18,20,22-24,26,28,30-31,33-38,45H2,1-2H3,(H,49,50)(H,51,52)/b14-12-,21-19-,27-25-,32-29+/t39-,40-,41+/m1/s1. The van der Waals surface area contributed by atoms with Gasteiger partial charge in [-0.15, -0.1) is 0 Å². The summed E-state index contributed by atoms with van der Waals surface area (Å²) in [6, 6.07) is -1.55. The molecule has 13 heteroatoms. The van der Waals surface area contributed by atoms with Crippen molar-refractivity contribution in [1.82, 2.24) is 0 Å². The third-order valence-electron chi connectivity index (χ3n) is 9.18.